The topological polar surface area (TPSA) is 87.0 Å². The lowest BCUT2D eigenvalue weighted by Gasteiger charge is -2.23. The molecule has 0 fully saturated rings. The van der Waals surface area contributed by atoms with E-state index in [2.05, 4.69) is 6.58 Å². The minimum atomic E-state index is -0.467. The van der Waals surface area contributed by atoms with Crippen LogP contribution in [0.5, 0.6) is 23.0 Å². The highest BCUT2D eigenvalue weighted by Crippen LogP contribution is 2.37. The Bertz CT molecular complexity index is 878. The molecule has 3 N–H and O–H groups in total. The highest BCUT2D eigenvalue weighted by molar-refractivity contribution is 6.07. The van der Waals surface area contributed by atoms with E-state index in [-0.39, 0.29) is 28.6 Å². The summed E-state index contributed by atoms with van der Waals surface area (Å²) in [7, 11) is 1.48. The molecule has 26 heavy (non-hydrogen) atoms. The van der Waals surface area contributed by atoms with Gasteiger partial charge in [0.15, 0.2) is 17.3 Å². The molecule has 0 aliphatic carbocycles. The van der Waals surface area contributed by atoms with Crippen molar-refractivity contribution in [2.45, 2.75) is 19.3 Å². The number of ether oxygens (including phenoxy) is 1. The maximum atomic E-state index is 12.3. The van der Waals surface area contributed by atoms with Gasteiger partial charge in [-0.05, 0) is 36.4 Å². The standard InChI is InChI=1S/C21H22O5/c1-5-21(2,3)15-10-14(20(26-4)12-18(15)24)7-8-16(22)13-6-9-17(23)19(25)11-13/h5-12,23-25H,1H2,2-4H3/b8-7+. The minimum Gasteiger partial charge on any atom is -0.507 e. The van der Waals surface area contributed by atoms with E-state index in [4.69, 9.17) is 4.74 Å². The van der Waals surface area contributed by atoms with E-state index in [9.17, 15) is 20.1 Å². The van der Waals surface area contributed by atoms with E-state index in [0.29, 0.717) is 16.9 Å². The molecule has 5 nitrogen and oxygen atoms in total. The maximum Gasteiger partial charge on any atom is 0.185 e. The summed E-state index contributed by atoms with van der Waals surface area (Å²) in [6.45, 7) is 7.62. The van der Waals surface area contributed by atoms with Crippen LogP contribution in [0, 0.1) is 0 Å². The fourth-order valence-electron chi connectivity index (χ4n) is 2.46. The molecule has 0 saturated carbocycles. The lowest BCUT2D eigenvalue weighted by atomic mass is 9.83. The maximum absolute atomic E-state index is 12.3. The van der Waals surface area contributed by atoms with E-state index in [1.807, 2.05) is 13.8 Å². The lowest BCUT2D eigenvalue weighted by molar-refractivity contribution is 0.104. The predicted molar refractivity (Wildman–Crippen MR) is 101 cm³/mol. The average Bonchev–Trinajstić information content (AvgIpc) is 2.62. The quantitative estimate of drug-likeness (QED) is 0.314. The largest absolute Gasteiger partial charge is 0.507 e. The molecule has 5 heteroatoms. The van der Waals surface area contributed by atoms with Crippen molar-refractivity contribution in [3.05, 3.63) is 65.8 Å². The zero-order chi connectivity index (χ0) is 19.5. The van der Waals surface area contributed by atoms with Gasteiger partial charge >= 0.3 is 0 Å². The van der Waals surface area contributed by atoms with Gasteiger partial charge in [-0.15, -0.1) is 6.58 Å². The van der Waals surface area contributed by atoms with Crippen LogP contribution in [-0.4, -0.2) is 28.2 Å². The van der Waals surface area contributed by atoms with Gasteiger partial charge in [-0.25, -0.2) is 0 Å². The molecular formula is C21H22O5. The van der Waals surface area contributed by atoms with Gasteiger partial charge in [-0.3, -0.25) is 4.79 Å². The predicted octanol–water partition coefficient (Wildman–Crippen LogP) is 4.17. The molecular weight excluding hydrogens is 332 g/mol. The molecule has 0 aliphatic heterocycles. The monoisotopic (exact) mass is 354 g/mol. The van der Waals surface area contributed by atoms with Crippen molar-refractivity contribution >= 4 is 11.9 Å². The molecule has 0 saturated heterocycles. The van der Waals surface area contributed by atoms with Gasteiger partial charge in [0, 0.05) is 28.2 Å². The number of hydrogen-bond donors (Lipinski definition) is 3. The Labute approximate surface area is 152 Å². The molecule has 2 aromatic rings. The van der Waals surface area contributed by atoms with Crippen LogP contribution in [0.2, 0.25) is 0 Å². The first kappa shape index (κ1) is 19.1. The first-order chi connectivity index (χ1) is 12.2. The number of phenols is 3. The van der Waals surface area contributed by atoms with E-state index in [0.717, 1.165) is 0 Å². The molecule has 0 heterocycles. The van der Waals surface area contributed by atoms with Gasteiger partial charge in [-0.1, -0.05) is 19.9 Å². The summed E-state index contributed by atoms with van der Waals surface area (Å²) in [4.78, 5) is 12.3. The highest BCUT2D eigenvalue weighted by atomic mass is 16.5. The zero-order valence-electron chi connectivity index (χ0n) is 15.0. The summed E-state index contributed by atoms with van der Waals surface area (Å²) in [5.41, 5.74) is 1.04. The summed E-state index contributed by atoms with van der Waals surface area (Å²) < 4.78 is 5.28. The number of aromatic hydroxyl groups is 3. The van der Waals surface area contributed by atoms with Gasteiger partial charge < -0.3 is 20.1 Å². The van der Waals surface area contributed by atoms with Crippen LogP contribution in [0.1, 0.15) is 35.3 Å². The molecule has 0 radical (unpaired) electrons. The number of benzene rings is 2. The van der Waals surface area contributed by atoms with Crippen LogP contribution < -0.4 is 4.74 Å². The summed E-state index contributed by atoms with van der Waals surface area (Å²) in [5, 5.41) is 29.1. The van der Waals surface area contributed by atoms with Crippen molar-refractivity contribution in [3.63, 3.8) is 0 Å². The van der Waals surface area contributed by atoms with Crippen LogP contribution in [0.4, 0.5) is 0 Å². The van der Waals surface area contributed by atoms with Crippen molar-refractivity contribution < 1.29 is 24.9 Å². The number of ketones is 1. The average molecular weight is 354 g/mol. The Morgan fingerprint density at radius 2 is 1.77 bits per heavy atom. The van der Waals surface area contributed by atoms with Crippen molar-refractivity contribution in [3.8, 4) is 23.0 Å². The Morgan fingerprint density at radius 1 is 1.08 bits per heavy atom. The molecule has 0 amide bonds. The first-order valence-corrected chi connectivity index (χ1v) is 7.99. The summed E-state index contributed by atoms with van der Waals surface area (Å²) in [5.74, 6) is -0.495. The number of phenolic OH excluding ortho intramolecular Hbond substituents is 3. The van der Waals surface area contributed by atoms with E-state index in [1.165, 1.54) is 37.5 Å². The van der Waals surface area contributed by atoms with Crippen molar-refractivity contribution in [2.75, 3.05) is 7.11 Å². The van der Waals surface area contributed by atoms with Gasteiger partial charge in [0.05, 0.1) is 7.11 Å². The second-order valence-electron chi connectivity index (χ2n) is 6.44. The van der Waals surface area contributed by atoms with Crippen LogP contribution in [0.15, 0.2) is 49.1 Å². The fourth-order valence-corrected chi connectivity index (χ4v) is 2.46. The molecule has 0 unspecified atom stereocenters. The van der Waals surface area contributed by atoms with Gasteiger partial charge in [0.2, 0.25) is 0 Å². The first-order valence-electron chi connectivity index (χ1n) is 7.99. The molecule has 0 aromatic heterocycles. The van der Waals surface area contributed by atoms with Gasteiger partial charge in [-0.2, -0.15) is 0 Å². The Balaban J connectivity index is 2.42. The summed E-state index contributed by atoms with van der Waals surface area (Å²) in [6.07, 6.45) is 4.64. The smallest absolute Gasteiger partial charge is 0.185 e. The number of rotatable bonds is 6. The molecule has 0 aliphatic rings. The van der Waals surface area contributed by atoms with E-state index >= 15 is 0 Å². The van der Waals surface area contributed by atoms with Gasteiger partial charge in [0.1, 0.15) is 11.5 Å². The van der Waals surface area contributed by atoms with E-state index < -0.39 is 5.41 Å². The fraction of sp³-hybridized carbons (Fsp3) is 0.190. The van der Waals surface area contributed by atoms with Crippen LogP contribution in [0.3, 0.4) is 0 Å². The number of carbonyl (C=O) groups excluding carboxylic acids is 1. The van der Waals surface area contributed by atoms with Crippen molar-refractivity contribution in [1.29, 1.82) is 0 Å². The molecule has 0 bridgehead atoms. The highest BCUT2D eigenvalue weighted by Gasteiger charge is 2.22. The lowest BCUT2D eigenvalue weighted by Crippen LogP contribution is -2.13. The molecule has 2 aromatic carbocycles. The second-order valence-corrected chi connectivity index (χ2v) is 6.44. The third-order valence-electron chi connectivity index (χ3n) is 4.23. The third kappa shape index (κ3) is 3.88. The Morgan fingerprint density at radius 3 is 2.35 bits per heavy atom. The Kier molecular flexibility index (Phi) is 5.41. The number of allylic oxidation sites excluding steroid dienone is 2. The summed E-state index contributed by atoms with van der Waals surface area (Å²) >= 11 is 0. The van der Waals surface area contributed by atoms with Crippen LogP contribution >= 0.6 is 0 Å². The van der Waals surface area contributed by atoms with Crippen molar-refractivity contribution in [2.24, 2.45) is 0 Å². The molecule has 0 atom stereocenters. The molecule has 2 rings (SSSR count). The zero-order valence-corrected chi connectivity index (χ0v) is 15.0. The normalized spacial score (nSPS) is 11.5. The summed E-state index contributed by atoms with van der Waals surface area (Å²) in [6, 6.07) is 7.11. The van der Waals surface area contributed by atoms with Crippen LogP contribution in [0.25, 0.3) is 6.08 Å². The molecule has 0 spiro atoms. The SMILES string of the molecule is C=CC(C)(C)c1cc(/C=C/C(=O)c2ccc(O)c(O)c2)c(OC)cc1O. The Hall–Kier alpha value is -3.21. The number of carbonyl (C=O) groups is 1. The third-order valence-corrected chi connectivity index (χ3v) is 4.23. The molecule has 136 valence electrons. The minimum absolute atomic E-state index is 0.0821. The van der Waals surface area contributed by atoms with Crippen LogP contribution in [-0.2, 0) is 5.41 Å². The number of hydrogen-bond acceptors (Lipinski definition) is 5. The number of methoxy groups -OCH3 is 1. The van der Waals surface area contributed by atoms with Crippen molar-refractivity contribution in [1.82, 2.24) is 0 Å². The van der Waals surface area contributed by atoms with E-state index in [1.54, 1.807) is 18.2 Å². The van der Waals surface area contributed by atoms with Gasteiger partial charge in [0.25, 0.3) is 0 Å². The second kappa shape index (κ2) is 7.35.